The first-order valence-electron chi connectivity index (χ1n) is 2.73. The van der Waals surface area contributed by atoms with Crippen molar-refractivity contribution in [2.75, 3.05) is 11.5 Å². The predicted molar refractivity (Wildman–Crippen MR) is 38.8 cm³/mol. The Bertz CT molecular complexity index is 187. The lowest BCUT2D eigenvalue weighted by Gasteiger charge is -2.15. The highest BCUT2D eigenvalue weighted by Crippen LogP contribution is 2.21. The summed E-state index contributed by atoms with van der Waals surface area (Å²) in [6.45, 7) is 0. The molecule has 1 unspecified atom stereocenters. The van der Waals surface area contributed by atoms with Gasteiger partial charge < -0.3 is 5.73 Å². The standard InChI is InChI=1S/C4H9NO2S2/c5-4-1-2-8-9(6,7)3-4/h4H,1-3,5H2. The van der Waals surface area contributed by atoms with E-state index in [1.165, 1.54) is 0 Å². The molecular formula is C4H9NO2S2. The Morgan fingerprint density at radius 1 is 1.56 bits per heavy atom. The number of hydrogen-bond acceptors (Lipinski definition) is 4. The van der Waals surface area contributed by atoms with Gasteiger partial charge in [0.2, 0.25) is 8.87 Å². The van der Waals surface area contributed by atoms with Gasteiger partial charge in [-0.2, -0.15) is 0 Å². The van der Waals surface area contributed by atoms with Crippen LogP contribution in [-0.2, 0) is 8.87 Å². The third kappa shape index (κ3) is 2.15. The van der Waals surface area contributed by atoms with Crippen LogP contribution in [0, 0.1) is 0 Å². The van der Waals surface area contributed by atoms with Crippen molar-refractivity contribution in [3.8, 4) is 0 Å². The van der Waals surface area contributed by atoms with E-state index in [1.54, 1.807) is 0 Å². The molecule has 54 valence electrons. The van der Waals surface area contributed by atoms with Crippen molar-refractivity contribution >= 4 is 19.7 Å². The normalized spacial score (nSPS) is 34.1. The Morgan fingerprint density at radius 2 is 2.22 bits per heavy atom. The topological polar surface area (TPSA) is 60.2 Å². The molecule has 5 heteroatoms. The van der Waals surface area contributed by atoms with E-state index >= 15 is 0 Å². The Labute approximate surface area is 58.3 Å². The lowest BCUT2D eigenvalue weighted by Crippen LogP contribution is -2.32. The fraction of sp³-hybridized carbons (Fsp3) is 1.00. The van der Waals surface area contributed by atoms with Crippen molar-refractivity contribution in [2.24, 2.45) is 5.73 Å². The summed E-state index contributed by atoms with van der Waals surface area (Å²) in [5.41, 5.74) is 5.42. The average Bonchev–Trinajstić information content (AvgIpc) is 1.60. The zero-order valence-electron chi connectivity index (χ0n) is 4.91. The largest absolute Gasteiger partial charge is 0.327 e. The van der Waals surface area contributed by atoms with Gasteiger partial charge in [-0.25, -0.2) is 8.42 Å². The molecule has 0 aromatic carbocycles. The van der Waals surface area contributed by atoms with Crippen LogP contribution in [0.2, 0.25) is 0 Å². The molecule has 9 heavy (non-hydrogen) atoms. The molecule has 0 aromatic heterocycles. The molecule has 1 fully saturated rings. The third-order valence-corrected chi connectivity index (χ3v) is 4.75. The van der Waals surface area contributed by atoms with Gasteiger partial charge in [0.1, 0.15) is 0 Å². The lowest BCUT2D eigenvalue weighted by atomic mass is 10.3. The molecule has 0 radical (unpaired) electrons. The molecular weight excluding hydrogens is 158 g/mol. The van der Waals surface area contributed by atoms with E-state index in [2.05, 4.69) is 0 Å². The monoisotopic (exact) mass is 167 g/mol. The summed E-state index contributed by atoms with van der Waals surface area (Å²) in [6.07, 6.45) is 0.823. The van der Waals surface area contributed by atoms with Gasteiger partial charge in [0, 0.05) is 11.8 Å². The van der Waals surface area contributed by atoms with Crippen LogP contribution >= 0.6 is 10.8 Å². The molecule has 0 aromatic rings. The fourth-order valence-corrected chi connectivity index (χ4v) is 4.02. The second-order valence-corrected chi connectivity index (χ2v) is 6.42. The first kappa shape index (κ1) is 7.37. The quantitative estimate of drug-likeness (QED) is 0.507. The van der Waals surface area contributed by atoms with E-state index < -0.39 is 8.87 Å². The van der Waals surface area contributed by atoms with Crippen molar-refractivity contribution < 1.29 is 8.42 Å². The van der Waals surface area contributed by atoms with Crippen molar-refractivity contribution in [3.63, 3.8) is 0 Å². The SMILES string of the molecule is NC1CCSS(=O)(=O)C1. The van der Waals surface area contributed by atoms with Crippen LogP contribution in [0.15, 0.2) is 0 Å². The lowest BCUT2D eigenvalue weighted by molar-refractivity contribution is 0.595. The van der Waals surface area contributed by atoms with Crippen molar-refractivity contribution in [2.45, 2.75) is 12.5 Å². The summed E-state index contributed by atoms with van der Waals surface area (Å²) in [4.78, 5) is 0. The minimum absolute atomic E-state index is 0.128. The molecule has 1 rings (SSSR count). The summed E-state index contributed by atoms with van der Waals surface area (Å²) in [5.74, 6) is 0.807. The van der Waals surface area contributed by atoms with E-state index in [0.717, 1.165) is 17.2 Å². The number of nitrogens with two attached hydrogens (primary N) is 1. The summed E-state index contributed by atoms with van der Waals surface area (Å²) >= 11 is 0. The maximum absolute atomic E-state index is 10.7. The fourth-order valence-electron chi connectivity index (χ4n) is 0.720. The smallest absolute Gasteiger partial charge is 0.203 e. The molecule has 0 saturated carbocycles. The Morgan fingerprint density at radius 3 is 2.56 bits per heavy atom. The number of rotatable bonds is 0. The van der Waals surface area contributed by atoms with E-state index in [9.17, 15) is 8.42 Å². The molecule has 0 spiro atoms. The molecule has 1 aliphatic heterocycles. The van der Waals surface area contributed by atoms with E-state index in [0.29, 0.717) is 5.75 Å². The van der Waals surface area contributed by atoms with Gasteiger partial charge in [0.05, 0.1) is 5.75 Å². The predicted octanol–water partition coefficient (Wildman–Crippen LogP) is -0.220. The minimum atomic E-state index is -2.84. The Balaban J connectivity index is 2.62. The Hall–Kier alpha value is 0.260. The average molecular weight is 167 g/mol. The minimum Gasteiger partial charge on any atom is -0.327 e. The molecule has 0 aliphatic carbocycles. The van der Waals surface area contributed by atoms with Gasteiger partial charge in [0.15, 0.2) is 0 Å². The van der Waals surface area contributed by atoms with Crippen LogP contribution < -0.4 is 5.73 Å². The second kappa shape index (κ2) is 2.48. The molecule has 0 amide bonds. The number of hydrogen-bond donors (Lipinski definition) is 1. The highest BCUT2D eigenvalue weighted by molar-refractivity contribution is 8.72. The molecule has 3 nitrogen and oxygen atoms in total. The third-order valence-electron chi connectivity index (χ3n) is 1.17. The highest BCUT2D eigenvalue weighted by atomic mass is 33.1. The molecule has 1 heterocycles. The van der Waals surface area contributed by atoms with Gasteiger partial charge in [0.25, 0.3) is 0 Å². The van der Waals surface area contributed by atoms with Crippen LogP contribution in [-0.4, -0.2) is 26.0 Å². The molecule has 2 N–H and O–H groups in total. The van der Waals surface area contributed by atoms with Crippen molar-refractivity contribution in [1.29, 1.82) is 0 Å². The second-order valence-electron chi connectivity index (χ2n) is 2.10. The van der Waals surface area contributed by atoms with E-state index in [-0.39, 0.29) is 11.8 Å². The first-order chi connectivity index (χ1) is 4.10. The van der Waals surface area contributed by atoms with E-state index in [4.69, 9.17) is 5.73 Å². The molecule has 1 atom stereocenters. The van der Waals surface area contributed by atoms with Crippen LogP contribution in [0.5, 0.6) is 0 Å². The van der Waals surface area contributed by atoms with Crippen LogP contribution in [0.25, 0.3) is 0 Å². The maximum Gasteiger partial charge on any atom is 0.203 e. The van der Waals surface area contributed by atoms with Gasteiger partial charge in [-0.3, -0.25) is 0 Å². The van der Waals surface area contributed by atoms with E-state index in [1.807, 2.05) is 0 Å². The summed E-state index contributed by atoms with van der Waals surface area (Å²) in [5, 5.41) is 0. The highest BCUT2D eigenvalue weighted by Gasteiger charge is 2.21. The summed E-state index contributed by atoms with van der Waals surface area (Å²) in [7, 11) is -1.82. The Kier molecular flexibility index (Phi) is 2.03. The van der Waals surface area contributed by atoms with Gasteiger partial charge in [-0.15, -0.1) is 0 Å². The molecule has 1 aliphatic rings. The van der Waals surface area contributed by atoms with Gasteiger partial charge >= 0.3 is 0 Å². The van der Waals surface area contributed by atoms with Crippen molar-refractivity contribution in [3.05, 3.63) is 0 Å². The molecule has 0 bridgehead atoms. The van der Waals surface area contributed by atoms with Gasteiger partial charge in [-0.1, -0.05) is 0 Å². The van der Waals surface area contributed by atoms with Crippen LogP contribution in [0.3, 0.4) is 0 Å². The first-order valence-corrected chi connectivity index (χ1v) is 5.88. The summed E-state index contributed by atoms with van der Waals surface area (Å²) in [6, 6.07) is -0.128. The van der Waals surface area contributed by atoms with Crippen LogP contribution in [0.1, 0.15) is 6.42 Å². The van der Waals surface area contributed by atoms with Crippen molar-refractivity contribution in [1.82, 2.24) is 0 Å². The maximum atomic E-state index is 10.7. The van der Waals surface area contributed by atoms with Gasteiger partial charge in [-0.05, 0) is 17.2 Å². The van der Waals surface area contributed by atoms with Crippen LogP contribution in [0.4, 0.5) is 0 Å². The molecule has 1 saturated heterocycles. The summed E-state index contributed by atoms with van der Waals surface area (Å²) < 4.78 is 21.5. The zero-order valence-corrected chi connectivity index (χ0v) is 6.54. The zero-order chi connectivity index (χ0) is 6.91.